The highest BCUT2D eigenvalue weighted by atomic mass is 16.5. The lowest BCUT2D eigenvalue weighted by atomic mass is 9.82. The van der Waals surface area contributed by atoms with E-state index in [0.29, 0.717) is 6.42 Å². The lowest BCUT2D eigenvalue weighted by molar-refractivity contribution is -0.126. The van der Waals surface area contributed by atoms with E-state index in [-0.39, 0.29) is 16.8 Å². The van der Waals surface area contributed by atoms with Gasteiger partial charge < -0.3 is 4.74 Å². The Morgan fingerprint density at radius 2 is 1.57 bits per heavy atom. The van der Waals surface area contributed by atoms with Crippen molar-refractivity contribution in [2.24, 2.45) is 5.41 Å². The molecule has 2 heteroatoms. The number of rotatable bonds is 5. The van der Waals surface area contributed by atoms with Crippen LogP contribution in [0.2, 0.25) is 0 Å². The quantitative estimate of drug-likeness (QED) is 0.722. The van der Waals surface area contributed by atoms with E-state index >= 15 is 0 Å². The lowest BCUT2D eigenvalue weighted by Gasteiger charge is -2.23. The van der Waals surface area contributed by atoms with Crippen LogP contribution in [0.4, 0.5) is 0 Å². The van der Waals surface area contributed by atoms with Crippen LogP contribution in [0.25, 0.3) is 10.8 Å². The molecule has 2 nitrogen and oxygen atoms in total. The van der Waals surface area contributed by atoms with Crippen molar-refractivity contribution in [3.05, 3.63) is 42.0 Å². The molecule has 0 saturated heterocycles. The van der Waals surface area contributed by atoms with Gasteiger partial charge in [-0.1, -0.05) is 51.1 Å². The fraction of sp³-hybridized carbons (Fsp3) is 0.476. The van der Waals surface area contributed by atoms with Gasteiger partial charge in [0.1, 0.15) is 17.1 Å². The lowest BCUT2D eigenvalue weighted by Crippen LogP contribution is -2.25. The number of Topliss-reactive ketones (excluding diaryl/α,β-unsaturated/α-hetero) is 1. The summed E-state index contributed by atoms with van der Waals surface area (Å²) in [7, 11) is 0. The number of hydrogen-bond acceptors (Lipinski definition) is 2. The molecular formula is C21H28O2. The summed E-state index contributed by atoms with van der Waals surface area (Å²) in [5.74, 6) is 1.16. The van der Waals surface area contributed by atoms with E-state index in [1.165, 1.54) is 0 Å². The first-order valence-corrected chi connectivity index (χ1v) is 8.37. The number of hydrogen-bond donors (Lipinski definition) is 0. The van der Waals surface area contributed by atoms with Gasteiger partial charge in [0.2, 0.25) is 0 Å². The van der Waals surface area contributed by atoms with E-state index in [4.69, 9.17) is 4.74 Å². The first-order chi connectivity index (χ1) is 10.6. The molecule has 0 fully saturated rings. The zero-order valence-electron chi connectivity index (χ0n) is 15.2. The van der Waals surface area contributed by atoms with E-state index in [9.17, 15) is 4.79 Å². The number of ether oxygens (including phenoxy) is 1. The molecule has 2 aromatic rings. The number of carbonyl (C=O) groups is 1. The van der Waals surface area contributed by atoms with Crippen molar-refractivity contribution < 1.29 is 9.53 Å². The second-order valence-corrected chi connectivity index (χ2v) is 7.82. The van der Waals surface area contributed by atoms with Crippen molar-refractivity contribution >= 4 is 16.6 Å². The van der Waals surface area contributed by atoms with Gasteiger partial charge in [-0.05, 0) is 44.2 Å². The number of ketones is 1. The summed E-state index contributed by atoms with van der Waals surface area (Å²) < 4.78 is 6.08. The van der Waals surface area contributed by atoms with Crippen LogP contribution in [-0.4, -0.2) is 11.4 Å². The Morgan fingerprint density at radius 3 is 2.17 bits per heavy atom. The van der Waals surface area contributed by atoms with Crippen molar-refractivity contribution in [1.82, 2.24) is 0 Å². The SMILES string of the molecule is CCC(C)(C)C(=O)Cc1cccc2c(OC(C)(C)C)cccc12. The predicted octanol–water partition coefficient (Wildman–Crippen LogP) is 5.56. The Bertz CT molecular complexity index is 705. The summed E-state index contributed by atoms with van der Waals surface area (Å²) in [5.41, 5.74) is 0.555. The summed E-state index contributed by atoms with van der Waals surface area (Å²) in [6, 6.07) is 12.2. The van der Waals surface area contributed by atoms with E-state index in [1.807, 2.05) is 58.9 Å². The van der Waals surface area contributed by atoms with E-state index < -0.39 is 0 Å². The third-order valence-electron chi connectivity index (χ3n) is 4.38. The van der Waals surface area contributed by atoms with Gasteiger partial charge in [-0.3, -0.25) is 4.79 Å². The highest BCUT2D eigenvalue weighted by Gasteiger charge is 2.25. The summed E-state index contributed by atoms with van der Waals surface area (Å²) in [6.07, 6.45) is 1.33. The van der Waals surface area contributed by atoms with Crippen molar-refractivity contribution in [3.8, 4) is 5.75 Å². The Kier molecular flexibility index (Phi) is 4.84. The van der Waals surface area contributed by atoms with Crippen molar-refractivity contribution in [2.45, 2.75) is 60.0 Å². The van der Waals surface area contributed by atoms with Gasteiger partial charge in [-0.2, -0.15) is 0 Å². The minimum absolute atomic E-state index is 0.246. The van der Waals surface area contributed by atoms with Crippen LogP contribution < -0.4 is 4.74 Å². The van der Waals surface area contributed by atoms with E-state index in [1.54, 1.807) is 0 Å². The summed E-state index contributed by atoms with van der Waals surface area (Å²) >= 11 is 0. The molecule has 0 N–H and O–H groups in total. The van der Waals surface area contributed by atoms with Crippen molar-refractivity contribution in [2.75, 3.05) is 0 Å². The van der Waals surface area contributed by atoms with Crippen LogP contribution in [0, 0.1) is 5.41 Å². The molecule has 0 atom stereocenters. The minimum Gasteiger partial charge on any atom is -0.488 e. The van der Waals surface area contributed by atoms with Gasteiger partial charge in [-0.15, -0.1) is 0 Å². The molecule has 2 aromatic carbocycles. The standard InChI is InChI=1S/C21H28O2/c1-7-21(5,6)19(22)14-15-10-8-12-17-16(15)11-9-13-18(17)23-20(2,3)4/h8-13H,7,14H2,1-6H3. The molecule has 0 aliphatic carbocycles. The van der Waals surface area contributed by atoms with Gasteiger partial charge >= 0.3 is 0 Å². The zero-order valence-corrected chi connectivity index (χ0v) is 15.2. The molecule has 2 rings (SSSR count). The maximum atomic E-state index is 12.6. The largest absolute Gasteiger partial charge is 0.488 e. The number of carbonyl (C=O) groups excluding carboxylic acids is 1. The van der Waals surface area contributed by atoms with Crippen LogP contribution >= 0.6 is 0 Å². The fourth-order valence-corrected chi connectivity index (χ4v) is 2.53. The first kappa shape index (κ1) is 17.5. The van der Waals surface area contributed by atoms with Crippen LogP contribution in [0.15, 0.2) is 36.4 Å². The van der Waals surface area contributed by atoms with Crippen LogP contribution in [0.3, 0.4) is 0 Å². The summed E-state index contributed by atoms with van der Waals surface area (Å²) in [5, 5.41) is 2.18. The summed E-state index contributed by atoms with van der Waals surface area (Å²) in [6.45, 7) is 12.2. The zero-order chi connectivity index (χ0) is 17.3. The normalized spacial score (nSPS) is 12.4. The summed E-state index contributed by atoms with van der Waals surface area (Å²) in [4.78, 5) is 12.6. The third-order valence-corrected chi connectivity index (χ3v) is 4.38. The van der Waals surface area contributed by atoms with Crippen LogP contribution in [-0.2, 0) is 11.2 Å². The molecule has 0 aliphatic heterocycles. The molecular weight excluding hydrogens is 284 g/mol. The molecule has 23 heavy (non-hydrogen) atoms. The van der Waals surface area contributed by atoms with Crippen LogP contribution in [0.5, 0.6) is 5.75 Å². The topological polar surface area (TPSA) is 26.3 Å². The second kappa shape index (κ2) is 6.35. The van der Waals surface area contributed by atoms with Crippen molar-refractivity contribution in [3.63, 3.8) is 0 Å². The van der Waals surface area contributed by atoms with E-state index in [0.717, 1.165) is 28.5 Å². The Hall–Kier alpha value is -1.83. The molecule has 0 unspecified atom stereocenters. The molecule has 0 aliphatic rings. The first-order valence-electron chi connectivity index (χ1n) is 8.37. The average molecular weight is 312 g/mol. The molecule has 0 spiro atoms. The Labute approximate surface area is 139 Å². The number of fused-ring (bicyclic) bond motifs is 1. The Morgan fingerprint density at radius 1 is 0.957 bits per heavy atom. The average Bonchev–Trinajstić information content (AvgIpc) is 2.46. The van der Waals surface area contributed by atoms with Gasteiger partial charge in [0, 0.05) is 17.2 Å². The molecule has 0 aromatic heterocycles. The van der Waals surface area contributed by atoms with Gasteiger partial charge in [0.15, 0.2) is 0 Å². The predicted molar refractivity (Wildman–Crippen MR) is 97.1 cm³/mol. The molecule has 0 amide bonds. The van der Waals surface area contributed by atoms with E-state index in [2.05, 4.69) is 19.1 Å². The molecule has 0 saturated carbocycles. The van der Waals surface area contributed by atoms with Crippen LogP contribution in [0.1, 0.15) is 53.5 Å². The van der Waals surface area contributed by atoms with Gasteiger partial charge in [0.25, 0.3) is 0 Å². The number of benzene rings is 2. The van der Waals surface area contributed by atoms with Crippen molar-refractivity contribution in [1.29, 1.82) is 0 Å². The van der Waals surface area contributed by atoms with Gasteiger partial charge in [-0.25, -0.2) is 0 Å². The van der Waals surface area contributed by atoms with Gasteiger partial charge in [0.05, 0.1) is 0 Å². The maximum Gasteiger partial charge on any atom is 0.142 e. The Balaban J connectivity index is 2.44. The fourth-order valence-electron chi connectivity index (χ4n) is 2.53. The smallest absolute Gasteiger partial charge is 0.142 e. The third kappa shape index (κ3) is 4.13. The highest BCUT2D eigenvalue weighted by molar-refractivity contribution is 5.95. The molecule has 124 valence electrons. The highest BCUT2D eigenvalue weighted by Crippen LogP contribution is 2.32. The molecule has 0 radical (unpaired) electrons. The monoisotopic (exact) mass is 312 g/mol. The minimum atomic E-state index is -0.276. The maximum absolute atomic E-state index is 12.6. The second-order valence-electron chi connectivity index (χ2n) is 7.82. The molecule has 0 heterocycles. The molecule has 0 bridgehead atoms.